The molecule has 1 aromatic carbocycles. The maximum Gasteiger partial charge on any atom is 0.240 e. The van der Waals surface area contributed by atoms with Gasteiger partial charge >= 0.3 is 0 Å². The molecule has 6 heteroatoms. The lowest BCUT2D eigenvalue weighted by atomic mass is 10.1. The maximum absolute atomic E-state index is 6.31. The molecule has 0 saturated heterocycles. The van der Waals surface area contributed by atoms with Crippen LogP contribution in [0.15, 0.2) is 28.8 Å². The summed E-state index contributed by atoms with van der Waals surface area (Å²) in [5, 5.41) is 8.20. The van der Waals surface area contributed by atoms with E-state index in [1.165, 1.54) is 12.8 Å². The highest BCUT2D eigenvalue weighted by Gasteiger charge is 2.28. The molecule has 1 fully saturated rings. The van der Waals surface area contributed by atoms with Gasteiger partial charge in [0.1, 0.15) is 0 Å². The van der Waals surface area contributed by atoms with Crippen molar-refractivity contribution in [1.82, 2.24) is 20.4 Å². The van der Waals surface area contributed by atoms with Gasteiger partial charge in [-0.25, -0.2) is 0 Å². The summed E-state index contributed by atoms with van der Waals surface area (Å²) in [5.41, 5.74) is 1.12. The second kappa shape index (κ2) is 6.77. The fraction of sp³-hybridized carbons (Fsp3) is 0.500. The van der Waals surface area contributed by atoms with Crippen LogP contribution in [-0.2, 0) is 6.54 Å². The molecule has 0 spiro atoms. The van der Waals surface area contributed by atoms with Crippen molar-refractivity contribution in [3.63, 3.8) is 0 Å². The third-order valence-electron chi connectivity index (χ3n) is 3.93. The van der Waals surface area contributed by atoms with Gasteiger partial charge in [-0.3, -0.25) is 0 Å². The predicted molar refractivity (Wildman–Crippen MR) is 85.9 cm³/mol. The van der Waals surface area contributed by atoms with E-state index in [-0.39, 0.29) is 6.04 Å². The van der Waals surface area contributed by atoms with E-state index in [0.29, 0.717) is 18.4 Å². The van der Waals surface area contributed by atoms with Gasteiger partial charge in [-0.1, -0.05) is 35.0 Å². The summed E-state index contributed by atoms with van der Waals surface area (Å²) in [6.07, 6.45) is 2.36. The average Bonchev–Trinajstić information content (AvgIpc) is 3.24. The molecule has 0 radical (unpaired) electrons. The lowest BCUT2D eigenvalue weighted by Gasteiger charge is -2.25. The van der Waals surface area contributed by atoms with E-state index in [4.69, 9.17) is 16.1 Å². The van der Waals surface area contributed by atoms with E-state index >= 15 is 0 Å². The molecular weight excluding hydrogens is 300 g/mol. The zero-order valence-electron chi connectivity index (χ0n) is 12.9. The Balaban J connectivity index is 1.58. The number of benzene rings is 1. The molecule has 0 amide bonds. The summed E-state index contributed by atoms with van der Waals surface area (Å²) >= 11 is 6.31. The molecule has 1 atom stereocenters. The van der Waals surface area contributed by atoms with E-state index in [0.717, 1.165) is 23.0 Å². The van der Waals surface area contributed by atoms with Crippen molar-refractivity contribution in [2.24, 2.45) is 0 Å². The van der Waals surface area contributed by atoms with E-state index in [9.17, 15) is 0 Å². The first kappa shape index (κ1) is 15.5. The molecule has 22 heavy (non-hydrogen) atoms. The highest BCUT2D eigenvalue weighted by molar-refractivity contribution is 6.31. The van der Waals surface area contributed by atoms with Gasteiger partial charge in [0.15, 0.2) is 5.82 Å². The third-order valence-corrected chi connectivity index (χ3v) is 4.27. The molecule has 1 unspecified atom stereocenters. The highest BCUT2D eigenvalue weighted by Crippen LogP contribution is 2.38. The molecule has 1 aliphatic carbocycles. The van der Waals surface area contributed by atoms with Gasteiger partial charge in [-0.15, -0.1) is 0 Å². The average molecular weight is 321 g/mol. The molecule has 1 heterocycles. The van der Waals surface area contributed by atoms with Crippen molar-refractivity contribution in [1.29, 1.82) is 0 Å². The number of nitrogens with zero attached hydrogens (tertiary/aromatic N) is 3. The summed E-state index contributed by atoms with van der Waals surface area (Å²) in [5.74, 6) is 2.03. The van der Waals surface area contributed by atoms with Crippen molar-refractivity contribution in [2.75, 3.05) is 20.6 Å². The van der Waals surface area contributed by atoms with Crippen LogP contribution in [0, 0.1) is 0 Å². The Hall–Kier alpha value is -1.43. The largest absolute Gasteiger partial charge is 0.338 e. The standard InChI is InChI=1S/C16H21ClN4O/c1-21(2)14(12-5-3-4-6-13(12)17)9-18-10-15-19-16(20-22-15)11-7-8-11/h3-6,11,14,18H,7-10H2,1-2H3. The Bertz CT molecular complexity index is 624. The van der Waals surface area contributed by atoms with Crippen LogP contribution in [0.25, 0.3) is 0 Å². The van der Waals surface area contributed by atoms with Crippen molar-refractivity contribution < 1.29 is 4.52 Å². The minimum Gasteiger partial charge on any atom is -0.338 e. The topological polar surface area (TPSA) is 54.2 Å². The highest BCUT2D eigenvalue weighted by atomic mass is 35.5. The maximum atomic E-state index is 6.31. The second-order valence-electron chi connectivity index (χ2n) is 5.95. The van der Waals surface area contributed by atoms with Crippen LogP contribution < -0.4 is 5.32 Å². The summed E-state index contributed by atoms with van der Waals surface area (Å²) in [6, 6.07) is 8.14. The minimum atomic E-state index is 0.194. The molecule has 0 bridgehead atoms. The van der Waals surface area contributed by atoms with Crippen LogP contribution in [0.2, 0.25) is 5.02 Å². The first-order valence-corrected chi connectivity index (χ1v) is 7.97. The Morgan fingerprint density at radius 2 is 2.14 bits per heavy atom. The van der Waals surface area contributed by atoms with Crippen molar-refractivity contribution in [3.05, 3.63) is 46.6 Å². The van der Waals surface area contributed by atoms with Gasteiger partial charge in [0.2, 0.25) is 5.89 Å². The molecule has 1 aliphatic rings. The molecule has 1 saturated carbocycles. The Morgan fingerprint density at radius 3 is 2.82 bits per heavy atom. The van der Waals surface area contributed by atoms with Crippen LogP contribution >= 0.6 is 11.6 Å². The zero-order chi connectivity index (χ0) is 15.5. The summed E-state index contributed by atoms with van der Waals surface area (Å²) in [7, 11) is 4.10. The smallest absolute Gasteiger partial charge is 0.240 e. The number of likely N-dealkylation sites (N-methyl/N-ethyl adjacent to an activating group) is 1. The van der Waals surface area contributed by atoms with Gasteiger partial charge in [-0.05, 0) is 38.6 Å². The summed E-state index contributed by atoms with van der Waals surface area (Å²) in [6.45, 7) is 1.34. The number of halogens is 1. The van der Waals surface area contributed by atoms with Crippen LogP contribution in [0.5, 0.6) is 0 Å². The monoisotopic (exact) mass is 320 g/mol. The number of hydrogen-bond donors (Lipinski definition) is 1. The fourth-order valence-electron chi connectivity index (χ4n) is 2.48. The van der Waals surface area contributed by atoms with E-state index in [2.05, 4.69) is 26.4 Å². The van der Waals surface area contributed by atoms with Crippen molar-refractivity contribution >= 4 is 11.6 Å². The number of rotatable bonds is 7. The molecule has 5 nitrogen and oxygen atoms in total. The summed E-state index contributed by atoms with van der Waals surface area (Å²) in [4.78, 5) is 6.57. The van der Waals surface area contributed by atoms with E-state index < -0.39 is 0 Å². The number of aromatic nitrogens is 2. The number of hydrogen-bond acceptors (Lipinski definition) is 5. The molecular formula is C16H21ClN4O. The molecule has 2 aromatic rings. The normalized spacial score (nSPS) is 16.2. The lowest BCUT2D eigenvalue weighted by Crippen LogP contribution is -2.31. The predicted octanol–water partition coefficient (Wildman–Crippen LogP) is 2.99. The van der Waals surface area contributed by atoms with Crippen molar-refractivity contribution in [3.8, 4) is 0 Å². The van der Waals surface area contributed by atoms with Crippen LogP contribution in [0.1, 0.15) is 42.1 Å². The summed E-state index contributed by atoms with van der Waals surface area (Å²) < 4.78 is 5.27. The Kier molecular flexibility index (Phi) is 4.76. The van der Waals surface area contributed by atoms with Gasteiger partial charge < -0.3 is 14.7 Å². The molecule has 1 N–H and O–H groups in total. The Morgan fingerprint density at radius 1 is 1.36 bits per heavy atom. The second-order valence-corrected chi connectivity index (χ2v) is 6.36. The fourth-order valence-corrected chi connectivity index (χ4v) is 2.74. The SMILES string of the molecule is CN(C)C(CNCc1nc(C2CC2)no1)c1ccccc1Cl. The third kappa shape index (κ3) is 3.66. The van der Waals surface area contributed by atoms with Crippen LogP contribution in [-0.4, -0.2) is 35.7 Å². The zero-order valence-corrected chi connectivity index (χ0v) is 13.7. The van der Waals surface area contributed by atoms with Crippen LogP contribution in [0.4, 0.5) is 0 Å². The molecule has 3 rings (SSSR count). The molecule has 0 aliphatic heterocycles. The van der Waals surface area contributed by atoms with Gasteiger partial charge in [-0.2, -0.15) is 4.98 Å². The molecule has 1 aromatic heterocycles. The van der Waals surface area contributed by atoms with Gasteiger partial charge in [0.05, 0.1) is 6.54 Å². The van der Waals surface area contributed by atoms with E-state index in [1.807, 2.05) is 32.3 Å². The van der Waals surface area contributed by atoms with E-state index in [1.54, 1.807) is 0 Å². The quantitative estimate of drug-likeness (QED) is 0.850. The van der Waals surface area contributed by atoms with Crippen molar-refractivity contribution in [2.45, 2.75) is 31.3 Å². The number of nitrogens with one attached hydrogen (secondary N) is 1. The first-order valence-electron chi connectivity index (χ1n) is 7.59. The first-order chi connectivity index (χ1) is 10.6. The van der Waals surface area contributed by atoms with Gasteiger partial charge in [0.25, 0.3) is 0 Å². The molecule has 118 valence electrons. The van der Waals surface area contributed by atoms with Crippen LogP contribution in [0.3, 0.4) is 0 Å². The minimum absolute atomic E-state index is 0.194. The van der Waals surface area contributed by atoms with Gasteiger partial charge in [0, 0.05) is 23.5 Å². The lowest BCUT2D eigenvalue weighted by molar-refractivity contribution is 0.281. The Labute approximate surface area is 135 Å².